The van der Waals surface area contributed by atoms with Crippen molar-refractivity contribution in [3.8, 4) is 11.3 Å². The van der Waals surface area contributed by atoms with E-state index < -0.39 is 0 Å². The van der Waals surface area contributed by atoms with Gasteiger partial charge in [-0.2, -0.15) is 0 Å². The maximum Gasteiger partial charge on any atom is 0.169 e. The summed E-state index contributed by atoms with van der Waals surface area (Å²) in [6.45, 7) is 0. The molecule has 3 rings (SSSR count). The molecule has 0 saturated carbocycles. The Labute approximate surface area is 88.7 Å². The molecular formula is C9H6N4OS. The molecule has 0 amide bonds. The van der Waals surface area contributed by atoms with E-state index in [9.17, 15) is 0 Å². The molecule has 0 fully saturated rings. The Kier molecular flexibility index (Phi) is 1.69. The summed E-state index contributed by atoms with van der Waals surface area (Å²) in [5.74, 6) is 1.02. The number of benzene rings is 1. The summed E-state index contributed by atoms with van der Waals surface area (Å²) in [5.41, 5.74) is 7.23. The molecule has 2 heterocycles. The van der Waals surface area contributed by atoms with Gasteiger partial charge in [0.05, 0.1) is 4.70 Å². The molecule has 15 heavy (non-hydrogen) atoms. The Balaban J connectivity index is 2.18. The largest absolute Gasteiger partial charge is 0.381 e. The van der Waals surface area contributed by atoms with E-state index in [4.69, 9.17) is 10.3 Å². The number of nitrogen functional groups attached to an aromatic ring is 1. The molecule has 0 unspecified atom stereocenters. The Morgan fingerprint density at radius 1 is 1.27 bits per heavy atom. The minimum absolute atomic E-state index is 0.376. The van der Waals surface area contributed by atoms with Crippen LogP contribution in [0.15, 0.2) is 28.8 Å². The number of fused-ring (bicyclic) bond motifs is 1. The van der Waals surface area contributed by atoms with Crippen LogP contribution in [0.5, 0.6) is 0 Å². The number of hydrogen-bond acceptors (Lipinski definition) is 6. The highest BCUT2D eigenvalue weighted by Gasteiger charge is 2.06. The molecule has 2 aromatic heterocycles. The van der Waals surface area contributed by atoms with Crippen LogP contribution in [0.4, 0.5) is 5.82 Å². The van der Waals surface area contributed by atoms with Crippen LogP contribution in [0.25, 0.3) is 21.5 Å². The summed E-state index contributed by atoms with van der Waals surface area (Å²) in [6, 6.07) is 7.47. The van der Waals surface area contributed by atoms with Crippen molar-refractivity contribution in [2.45, 2.75) is 0 Å². The van der Waals surface area contributed by atoms with Crippen molar-refractivity contribution in [1.82, 2.24) is 14.7 Å². The molecule has 74 valence electrons. The quantitative estimate of drug-likeness (QED) is 0.675. The standard InChI is InChI=1S/C9H6N4OS/c10-9-4-7(14-12-9)5-1-2-8-6(3-5)11-13-15-8/h1-4H,(H2,10,12). The van der Waals surface area contributed by atoms with Crippen LogP contribution in [0, 0.1) is 0 Å². The normalized spacial score (nSPS) is 10.9. The van der Waals surface area contributed by atoms with E-state index in [0.29, 0.717) is 11.6 Å². The zero-order valence-corrected chi connectivity index (χ0v) is 8.36. The van der Waals surface area contributed by atoms with Crippen molar-refractivity contribution in [1.29, 1.82) is 0 Å². The van der Waals surface area contributed by atoms with Crippen LogP contribution in [0.2, 0.25) is 0 Å². The van der Waals surface area contributed by atoms with Crippen LogP contribution >= 0.6 is 11.5 Å². The SMILES string of the molecule is Nc1cc(-c2ccc3snnc3c2)on1. The number of aromatic nitrogens is 3. The number of nitrogens with zero attached hydrogens (tertiary/aromatic N) is 3. The van der Waals surface area contributed by atoms with Gasteiger partial charge >= 0.3 is 0 Å². The van der Waals surface area contributed by atoms with Gasteiger partial charge in [0.25, 0.3) is 0 Å². The number of rotatable bonds is 1. The zero-order chi connectivity index (χ0) is 10.3. The van der Waals surface area contributed by atoms with Crippen LogP contribution in [0.3, 0.4) is 0 Å². The van der Waals surface area contributed by atoms with Gasteiger partial charge in [0, 0.05) is 11.6 Å². The Hall–Kier alpha value is -1.95. The number of nitrogens with two attached hydrogens (primary N) is 1. The summed E-state index contributed by atoms with van der Waals surface area (Å²) in [5, 5.41) is 7.62. The molecule has 0 aliphatic rings. The average molecular weight is 218 g/mol. The van der Waals surface area contributed by atoms with Crippen LogP contribution in [-0.2, 0) is 0 Å². The number of hydrogen-bond donors (Lipinski definition) is 1. The van der Waals surface area contributed by atoms with Gasteiger partial charge < -0.3 is 10.3 Å². The van der Waals surface area contributed by atoms with Crippen molar-refractivity contribution >= 4 is 27.6 Å². The van der Waals surface area contributed by atoms with E-state index in [0.717, 1.165) is 15.8 Å². The maximum atomic E-state index is 5.48. The van der Waals surface area contributed by atoms with E-state index in [1.807, 2.05) is 18.2 Å². The first-order chi connectivity index (χ1) is 7.33. The molecule has 1 aromatic carbocycles. The predicted octanol–water partition coefficient (Wildman–Crippen LogP) is 1.93. The molecule has 0 radical (unpaired) electrons. The highest BCUT2D eigenvalue weighted by molar-refractivity contribution is 7.12. The van der Waals surface area contributed by atoms with Gasteiger partial charge in [-0.05, 0) is 29.7 Å². The van der Waals surface area contributed by atoms with Crippen LogP contribution in [0.1, 0.15) is 0 Å². The molecule has 3 aromatic rings. The van der Waals surface area contributed by atoms with Gasteiger partial charge in [-0.25, -0.2) is 0 Å². The molecule has 0 saturated heterocycles. The highest BCUT2D eigenvalue weighted by atomic mass is 32.1. The first kappa shape index (κ1) is 8.37. The van der Waals surface area contributed by atoms with Crippen molar-refractivity contribution in [3.05, 3.63) is 24.3 Å². The predicted molar refractivity (Wildman–Crippen MR) is 57.3 cm³/mol. The molecule has 2 N–H and O–H groups in total. The highest BCUT2D eigenvalue weighted by Crippen LogP contribution is 2.25. The van der Waals surface area contributed by atoms with Crippen LogP contribution < -0.4 is 5.73 Å². The summed E-state index contributed by atoms with van der Waals surface area (Å²) >= 11 is 1.36. The lowest BCUT2D eigenvalue weighted by molar-refractivity contribution is 0.436. The van der Waals surface area contributed by atoms with Gasteiger partial charge in [0.15, 0.2) is 11.6 Å². The third-order valence-electron chi connectivity index (χ3n) is 2.06. The second kappa shape index (κ2) is 3.03. The average Bonchev–Trinajstić information content (AvgIpc) is 2.84. The molecule has 0 atom stereocenters. The number of anilines is 1. The lowest BCUT2D eigenvalue weighted by atomic mass is 10.1. The van der Waals surface area contributed by atoms with Gasteiger partial charge in [-0.1, -0.05) is 9.64 Å². The molecule has 0 aliphatic heterocycles. The molecule has 6 heteroatoms. The summed E-state index contributed by atoms with van der Waals surface area (Å²) in [4.78, 5) is 0. The first-order valence-electron chi connectivity index (χ1n) is 4.27. The van der Waals surface area contributed by atoms with E-state index in [-0.39, 0.29) is 0 Å². The van der Waals surface area contributed by atoms with Crippen molar-refractivity contribution < 1.29 is 4.52 Å². The van der Waals surface area contributed by atoms with Gasteiger partial charge in [-0.15, -0.1) is 5.10 Å². The fourth-order valence-corrected chi connectivity index (χ4v) is 1.90. The van der Waals surface area contributed by atoms with Crippen LogP contribution in [-0.4, -0.2) is 14.7 Å². The second-order valence-corrected chi connectivity index (χ2v) is 3.86. The van der Waals surface area contributed by atoms with Gasteiger partial charge in [-0.3, -0.25) is 0 Å². The van der Waals surface area contributed by atoms with Gasteiger partial charge in [0.1, 0.15) is 5.52 Å². The molecule has 0 aliphatic carbocycles. The first-order valence-corrected chi connectivity index (χ1v) is 5.05. The van der Waals surface area contributed by atoms with E-state index in [2.05, 4.69) is 14.7 Å². The van der Waals surface area contributed by atoms with E-state index in [1.165, 1.54) is 11.5 Å². The maximum absolute atomic E-state index is 5.48. The summed E-state index contributed by atoms with van der Waals surface area (Å²) in [7, 11) is 0. The summed E-state index contributed by atoms with van der Waals surface area (Å²) in [6.07, 6.45) is 0. The summed E-state index contributed by atoms with van der Waals surface area (Å²) < 4.78 is 9.97. The Morgan fingerprint density at radius 3 is 3.00 bits per heavy atom. The topological polar surface area (TPSA) is 77.8 Å². The Bertz CT molecular complexity index is 615. The molecule has 0 bridgehead atoms. The second-order valence-electron chi connectivity index (χ2n) is 3.07. The lowest BCUT2D eigenvalue weighted by Crippen LogP contribution is -1.80. The third kappa shape index (κ3) is 1.35. The minimum atomic E-state index is 0.376. The smallest absolute Gasteiger partial charge is 0.169 e. The fourth-order valence-electron chi connectivity index (χ4n) is 1.36. The minimum Gasteiger partial charge on any atom is -0.381 e. The van der Waals surface area contributed by atoms with Crippen molar-refractivity contribution in [2.75, 3.05) is 5.73 Å². The molecular weight excluding hydrogens is 212 g/mol. The lowest BCUT2D eigenvalue weighted by Gasteiger charge is -1.93. The monoisotopic (exact) mass is 218 g/mol. The van der Waals surface area contributed by atoms with Crippen molar-refractivity contribution in [3.63, 3.8) is 0 Å². The van der Waals surface area contributed by atoms with Crippen molar-refractivity contribution in [2.24, 2.45) is 0 Å². The Morgan fingerprint density at radius 2 is 2.20 bits per heavy atom. The third-order valence-corrected chi connectivity index (χ3v) is 2.76. The van der Waals surface area contributed by atoms with E-state index >= 15 is 0 Å². The fraction of sp³-hybridized carbons (Fsp3) is 0. The molecule has 5 nitrogen and oxygen atoms in total. The van der Waals surface area contributed by atoms with Gasteiger partial charge in [0.2, 0.25) is 0 Å². The van der Waals surface area contributed by atoms with E-state index in [1.54, 1.807) is 6.07 Å². The zero-order valence-electron chi connectivity index (χ0n) is 7.54. The molecule has 0 spiro atoms.